The summed E-state index contributed by atoms with van der Waals surface area (Å²) >= 11 is 0. The van der Waals surface area contributed by atoms with Crippen molar-refractivity contribution in [2.75, 3.05) is 13.2 Å². The predicted molar refractivity (Wildman–Crippen MR) is 101 cm³/mol. The van der Waals surface area contributed by atoms with E-state index in [1.54, 1.807) is 26.0 Å². The van der Waals surface area contributed by atoms with Gasteiger partial charge in [-0.3, -0.25) is 0 Å². The van der Waals surface area contributed by atoms with Crippen LogP contribution in [-0.4, -0.2) is 32.9 Å². The number of ether oxygens (including phenoxy) is 1. The second-order valence-corrected chi connectivity index (χ2v) is 9.19. The fourth-order valence-corrected chi connectivity index (χ4v) is 4.09. The molecule has 3 rings (SSSR count). The zero-order valence-corrected chi connectivity index (χ0v) is 15.8. The maximum atomic E-state index is 13.1. The molecular formula is C20H24FNO3S. The van der Waals surface area contributed by atoms with Crippen molar-refractivity contribution in [2.45, 2.75) is 37.5 Å². The highest BCUT2D eigenvalue weighted by atomic mass is 32.2. The Bertz CT molecular complexity index is 832. The molecule has 1 saturated heterocycles. The molecule has 1 aliphatic heterocycles. The van der Waals surface area contributed by atoms with Crippen LogP contribution >= 0.6 is 0 Å². The molecule has 0 bridgehead atoms. The largest absolute Gasteiger partial charge is 0.380 e. The molecule has 1 aliphatic rings. The zero-order chi connectivity index (χ0) is 18.7. The van der Waals surface area contributed by atoms with E-state index < -0.39 is 15.3 Å². The lowest BCUT2D eigenvalue weighted by atomic mass is 9.87. The van der Waals surface area contributed by atoms with Crippen molar-refractivity contribution in [2.24, 2.45) is 0 Å². The van der Waals surface area contributed by atoms with E-state index in [9.17, 15) is 12.8 Å². The minimum Gasteiger partial charge on any atom is -0.380 e. The first-order valence-corrected chi connectivity index (χ1v) is 10.4. The Morgan fingerprint density at radius 3 is 2.19 bits per heavy atom. The van der Waals surface area contributed by atoms with Gasteiger partial charge >= 0.3 is 0 Å². The number of rotatable bonds is 5. The van der Waals surface area contributed by atoms with Gasteiger partial charge in [0.25, 0.3) is 0 Å². The van der Waals surface area contributed by atoms with Gasteiger partial charge in [0, 0.05) is 12.5 Å². The third-order valence-electron chi connectivity index (χ3n) is 4.81. The van der Waals surface area contributed by atoms with Crippen molar-refractivity contribution < 1.29 is 17.5 Å². The number of sulfonamides is 1. The van der Waals surface area contributed by atoms with E-state index in [1.807, 2.05) is 24.3 Å². The van der Waals surface area contributed by atoms with Crippen molar-refractivity contribution in [3.05, 3.63) is 59.9 Å². The summed E-state index contributed by atoms with van der Waals surface area (Å²) in [5.41, 5.74) is 3.03. The van der Waals surface area contributed by atoms with Gasteiger partial charge in [-0.25, -0.2) is 17.5 Å². The van der Waals surface area contributed by atoms with Crippen molar-refractivity contribution in [3.63, 3.8) is 0 Å². The Hall–Kier alpha value is -1.76. The molecule has 2 aromatic carbocycles. The highest BCUT2D eigenvalue weighted by Gasteiger charge is 2.31. The van der Waals surface area contributed by atoms with Crippen LogP contribution in [0.4, 0.5) is 4.39 Å². The van der Waals surface area contributed by atoms with Crippen LogP contribution in [0, 0.1) is 5.82 Å². The maximum Gasteiger partial charge on any atom is 0.214 e. The molecule has 0 saturated carbocycles. The van der Waals surface area contributed by atoms with Crippen LogP contribution in [0.25, 0.3) is 11.1 Å². The lowest BCUT2D eigenvalue weighted by molar-refractivity contribution is 0.0644. The minimum atomic E-state index is -3.36. The first-order valence-electron chi connectivity index (χ1n) is 8.81. The number of hydrogen-bond donors (Lipinski definition) is 1. The summed E-state index contributed by atoms with van der Waals surface area (Å²) in [5, 5.41) is -0.481. The maximum absolute atomic E-state index is 13.1. The number of hydrogen-bond acceptors (Lipinski definition) is 3. The highest BCUT2D eigenvalue weighted by Crippen LogP contribution is 2.30. The highest BCUT2D eigenvalue weighted by molar-refractivity contribution is 7.90. The molecule has 1 fully saturated rings. The Morgan fingerprint density at radius 2 is 1.62 bits per heavy atom. The number of halogens is 1. The summed E-state index contributed by atoms with van der Waals surface area (Å²) in [7, 11) is -3.36. The van der Waals surface area contributed by atoms with Crippen LogP contribution in [0.15, 0.2) is 48.5 Å². The molecule has 2 atom stereocenters. The Labute approximate surface area is 154 Å². The Morgan fingerprint density at radius 1 is 1.04 bits per heavy atom. The first kappa shape index (κ1) is 19.0. The van der Waals surface area contributed by atoms with Crippen LogP contribution in [-0.2, 0) is 14.8 Å². The van der Waals surface area contributed by atoms with Crippen molar-refractivity contribution in [1.82, 2.24) is 4.72 Å². The standard InChI is InChI=1S/C20H24FNO3S/c1-14(2)26(23,24)22-20-13-25-12-11-19(20)17-5-3-15(4-6-17)16-7-9-18(21)10-8-16/h3-10,14,19-20,22H,11-13H2,1-2H3/t19-,20+/m1/s1. The molecule has 0 radical (unpaired) electrons. The van der Waals surface area contributed by atoms with Crippen LogP contribution in [0.5, 0.6) is 0 Å². The quantitative estimate of drug-likeness (QED) is 0.865. The summed E-state index contributed by atoms with van der Waals surface area (Å²) in [4.78, 5) is 0. The Balaban J connectivity index is 1.80. The van der Waals surface area contributed by atoms with Gasteiger partial charge < -0.3 is 4.74 Å². The van der Waals surface area contributed by atoms with Crippen molar-refractivity contribution >= 4 is 10.0 Å². The van der Waals surface area contributed by atoms with E-state index in [4.69, 9.17) is 4.74 Å². The fraction of sp³-hybridized carbons (Fsp3) is 0.400. The van der Waals surface area contributed by atoms with Crippen LogP contribution < -0.4 is 4.72 Å². The van der Waals surface area contributed by atoms with Gasteiger partial charge in [-0.05, 0) is 49.1 Å². The molecule has 4 nitrogen and oxygen atoms in total. The van der Waals surface area contributed by atoms with Gasteiger partial charge in [0.2, 0.25) is 10.0 Å². The summed E-state index contributed by atoms with van der Waals surface area (Å²) in [5.74, 6) is -0.188. The second-order valence-electron chi connectivity index (χ2n) is 6.92. The molecule has 26 heavy (non-hydrogen) atoms. The lowest BCUT2D eigenvalue weighted by Gasteiger charge is -2.33. The van der Waals surface area contributed by atoms with Crippen molar-refractivity contribution in [1.29, 1.82) is 0 Å². The third-order valence-corrected chi connectivity index (χ3v) is 6.68. The molecule has 2 aromatic rings. The summed E-state index contributed by atoms with van der Waals surface area (Å²) < 4.78 is 45.9. The van der Waals surface area contributed by atoms with Gasteiger partial charge in [-0.1, -0.05) is 36.4 Å². The molecule has 6 heteroatoms. The molecule has 140 valence electrons. The van der Waals surface area contributed by atoms with Gasteiger partial charge in [-0.2, -0.15) is 0 Å². The van der Waals surface area contributed by atoms with Crippen LogP contribution in [0.1, 0.15) is 31.7 Å². The number of nitrogens with one attached hydrogen (secondary N) is 1. The summed E-state index contributed by atoms with van der Waals surface area (Å²) in [6, 6.07) is 14.1. The molecule has 0 amide bonds. The average Bonchev–Trinajstić information content (AvgIpc) is 2.63. The van der Waals surface area contributed by atoms with E-state index in [0.717, 1.165) is 23.1 Å². The lowest BCUT2D eigenvalue weighted by Crippen LogP contribution is -2.47. The van der Waals surface area contributed by atoms with E-state index in [2.05, 4.69) is 4.72 Å². The molecular weight excluding hydrogens is 353 g/mol. The van der Waals surface area contributed by atoms with E-state index in [-0.39, 0.29) is 17.8 Å². The van der Waals surface area contributed by atoms with Gasteiger partial charge in [0.05, 0.1) is 17.9 Å². The fourth-order valence-electron chi connectivity index (χ4n) is 3.17. The smallest absolute Gasteiger partial charge is 0.214 e. The predicted octanol–water partition coefficient (Wildman–Crippen LogP) is 3.69. The average molecular weight is 377 g/mol. The van der Waals surface area contributed by atoms with E-state index in [1.165, 1.54) is 12.1 Å². The van der Waals surface area contributed by atoms with Crippen LogP contribution in [0.2, 0.25) is 0 Å². The Kier molecular flexibility index (Phi) is 5.75. The molecule has 1 N–H and O–H groups in total. The minimum absolute atomic E-state index is 0.0690. The molecule has 0 aliphatic carbocycles. The topological polar surface area (TPSA) is 55.4 Å². The van der Waals surface area contributed by atoms with Crippen molar-refractivity contribution in [3.8, 4) is 11.1 Å². The first-order chi connectivity index (χ1) is 12.4. The molecule has 0 unspecified atom stereocenters. The molecule has 0 aromatic heterocycles. The van der Waals surface area contributed by atoms with Crippen LogP contribution in [0.3, 0.4) is 0 Å². The number of benzene rings is 2. The van der Waals surface area contributed by atoms with E-state index >= 15 is 0 Å². The molecule has 0 spiro atoms. The van der Waals surface area contributed by atoms with E-state index in [0.29, 0.717) is 13.2 Å². The summed E-state index contributed by atoms with van der Waals surface area (Å²) in [6.45, 7) is 4.32. The van der Waals surface area contributed by atoms with Gasteiger partial charge in [-0.15, -0.1) is 0 Å². The molecule has 1 heterocycles. The SMILES string of the molecule is CC(C)S(=O)(=O)N[C@H]1COCC[C@@H]1c1ccc(-c2ccc(F)cc2)cc1. The monoisotopic (exact) mass is 377 g/mol. The van der Waals surface area contributed by atoms with Gasteiger partial charge in [0.15, 0.2) is 0 Å². The second kappa shape index (κ2) is 7.86. The normalized spacial score (nSPS) is 21.1. The van der Waals surface area contributed by atoms with Gasteiger partial charge in [0.1, 0.15) is 5.82 Å². The summed E-state index contributed by atoms with van der Waals surface area (Å²) in [6.07, 6.45) is 0.765. The third kappa shape index (κ3) is 4.31. The zero-order valence-electron chi connectivity index (χ0n) is 15.0.